The van der Waals surface area contributed by atoms with Gasteiger partial charge in [-0.3, -0.25) is 9.48 Å². The topological polar surface area (TPSA) is 46.9 Å². The molecule has 19 heavy (non-hydrogen) atoms. The van der Waals surface area contributed by atoms with Gasteiger partial charge < -0.3 is 5.32 Å². The minimum absolute atomic E-state index is 0.283. The summed E-state index contributed by atoms with van der Waals surface area (Å²) in [4.78, 5) is 12.2. The van der Waals surface area contributed by atoms with Gasteiger partial charge in [-0.25, -0.2) is 0 Å². The molecular formula is C12H10Cl3N3O. The molecule has 0 aliphatic heterocycles. The molecule has 1 aromatic carbocycles. The molecule has 0 spiro atoms. The fraction of sp³-hybridized carbons (Fsp3) is 0.167. The predicted molar refractivity (Wildman–Crippen MR) is 77.4 cm³/mol. The molecule has 0 radical (unpaired) electrons. The average Bonchev–Trinajstić information content (AvgIpc) is 2.57. The molecule has 0 saturated carbocycles. The lowest BCUT2D eigenvalue weighted by Crippen LogP contribution is -2.16. The van der Waals surface area contributed by atoms with Crippen LogP contribution in [0.1, 0.15) is 16.2 Å². The zero-order valence-corrected chi connectivity index (χ0v) is 12.4. The number of hydrogen-bond donors (Lipinski definition) is 1. The lowest BCUT2D eigenvalue weighted by molar-refractivity contribution is 0.101. The largest absolute Gasteiger partial charge is 0.319 e. The Morgan fingerprint density at radius 2 is 2.00 bits per heavy atom. The number of hydrogen-bond acceptors (Lipinski definition) is 2. The first-order valence-corrected chi connectivity index (χ1v) is 6.49. The summed E-state index contributed by atoms with van der Waals surface area (Å²) in [6.45, 7) is 1.73. The van der Waals surface area contributed by atoms with E-state index in [1.54, 1.807) is 32.2 Å². The summed E-state index contributed by atoms with van der Waals surface area (Å²) in [5.41, 5.74) is 1.34. The quantitative estimate of drug-likeness (QED) is 0.911. The smallest absolute Gasteiger partial charge is 0.275 e. The minimum atomic E-state index is -0.377. The van der Waals surface area contributed by atoms with Crippen LogP contribution in [0.2, 0.25) is 15.1 Å². The Labute approximate surface area is 125 Å². The van der Waals surface area contributed by atoms with Crippen LogP contribution in [0.5, 0.6) is 0 Å². The van der Waals surface area contributed by atoms with Gasteiger partial charge in [-0.2, -0.15) is 5.10 Å². The highest BCUT2D eigenvalue weighted by molar-refractivity contribution is 6.37. The van der Waals surface area contributed by atoms with Gasteiger partial charge >= 0.3 is 0 Å². The summed E-state index contributed by atoms with van der Waals surface area (Å²) in [5.74, 6) is -0.377. The third-order valence-corrected chi connectivity index (χ3v) is 3.54. The second kappa shape index (κ2) is 5.41. The van der Waals surface area contributed by atoms with Gasteiger partial charge in [0, 0.05) is 12.1 Å². The van der Waals surface area contributed by atoms with Gasteiger partial charge in [0.15, 0.2) is 0 Å². The van der Waals surface area contributed by atoms with Crippen LogP contribution in [0.4, 0.5) is 5.69 Å². The second-order valence-electron chi connectivity index (χ2n) is 3.95. The van der Waals surface area contributed by atoms with Crippen molar-refractivity contribution in [1.29, 1.82) is 0 Å². The Morgan fingerprint density at radius 3 is 2.53 bits per heavy atom. The maximum absolute atomic E-state index is 12.2. The van der Waals surface area contributed by atoms with Gasteiger partial charge in [0.2, 0.25) is 0 Å². The van der Waals surface area contributed by atoms with E-state index in [0.29, 0.717) is 26.4 Å². The first kappa shape index (κ1) is 14.2. The maximum atomic E-state index is 12.2. The molecule has 0 bridgehead atoms. The number of anilines is 1. The van der Waals surface area contributed by atoms with Gasteiger partial charge in [0.25, 0.3) is 5.91 Å². The molecule has 4 nitrogen and oxygen atoms in total. The summed E-state index contributed by atoms with van der Waals surface area (Å²) in [7, 11) is 1.65. The van der Waals surface area contributed by atoms with Crippen molar-refractivity contribution in [3.05, 3.63) is 44.7 Å². The number of carbonyl (C=O) groups is 1. The second-order valence-corrected chi connectivity index (χ2v) is 5.17. The molecule has 100 valence electrons. The molecule has 7 heteroatoms. The minimum Gasteiger partial charge on any atom is -0.319 e. The fourth-order valence-electron chi connectivity index (χ4n) is 1.65. The van der Waals surface area contributed by atoms with Gasteiger partial charge in [-0.05, 0) is 25.1 Å². The number of nitrogens with one attached hydrogen (secondary N) is 1. The number of benzene rings is 1. The van der Waals surface area contributed by atoms with Crippen LogP contribution >= 0.6 is 34.8 Å². The van der Waals surface area contributed by atoms with E-state index in [4.69, 9.17) is 34.8 Å². The van der Waals surface area contributed by atoms with Crippen LogP contribution in [-0.2, 0) is 7.05 Å². The van der Waals surface area contributed by atoms with Crippen LogP contribution in [0.25, 0.3) is 0 Å². The standard InChI is InChI=1S/C12H10Cl3N3O/c1-6-10(15)11(18(2)17-6)12(19)16-9-4-3-7(13)5-8(9)14/h3-5H,1-2H3,(H,16,19). The molecule has 1 N–H and O–H groups in total. The molecule has 1 heterocycles. The third-order valence-electron chi connectivity index (χ3n) is 2.54. The summed E-state index contributed by atoms with van der Waals surface area (Å²) in [6.07, 6.45) is 0. The van der Waals surface area contributed by atoms with E-state index < -0.39 is 0 Å². The average molecular weight is 319 g/mol. The molecule has 0 aliphatic rings. The Morgan fingerprint density at radius 1 is 1.32 bits per heavy atom. The van der Waals surface area contributed by atoms with Crippen LogP contribution in [0.15, 0.2) is 18.2 Å². The molecular weight excluding hydrogens is 309 g/mol. The number of amides is 1. The van der Waals surface area contributed by atoms with Crippen molar-refractivity contribution < 1.29 is 4.79 Å². The number of rotatable bonds is 2. The van der Waals surface area contributed by atoms with Gasteiger partial charge in [0.05, 0.1) is 21.4 Å². The SMILES string of the molecule is Cc1nn(C)c(C(=O)Nc2ccc(Cl)cc2Cl)c1Cl. The Balaban J connectivity index is 2.31. The van der Waals surface area contributed by atoms with Crippen LogP contribution in [0.3, 0.4) is 0 Å². The van der Waals surface area contributed by atoms with Crippen molar-refractivity contribution in [2.45, 2.75) is 6.92 Å². The van der Waals surface area contributed by atoms with Crippen molar-refractivity contribution in [2.24, 2.45) is 7.05 Å². The van der Waals surface area contributed by atoms with E-state index in [-0.39, 0.29) is 11.6 Å². The summed E-state index contributed by atoms with van der Waals surface area (Å²) in [6, 6.07) is 4.81. The van der Waals surface area contributed by atoms with Crippen LogP contribution < -0.4 is 5.32 Å². The molecule has 2 rings (SSSR count). The van der Waals surface area contributed by atoms with E-state index in [2.05, 4.69) is 10.4 Å². The van der Waals surface area contributed by atoms with Crippen molar-refractivity contribution in [2.75, 3.05) is 5.32 Å². The number of carbonyl (C=O) groups excluding carboxylic acids is 1. The molecule has 1 aromatic heterocycles. The van der Waals surface area contributed by atoms with E-state index in [0.717, 1.165) is 0 Å². The van der Waals surface area contributed by atoms with E-state index in [1.165, 1.54) is 4.68 Å². The first-order chi connectivity index (χ1) is 8.90. The molecule has 0 atom stereocenters. The zero-order valence-electron chi connectivity index (χ0n) is 10.2. The van der Waals surface area contributed by atoms with Crippen LogP contribution in [-0.4, -0.2) is 15.7 Å². The third kappa shape index (κ3) is 2.86. The van der Waals surface area contributed by atoms with Crippen LogP contribution in [0, 0.1) is 6.92 Å². The highest BCUT2D eigenvalue weighted by atomic mass is 35.5. The summed E-state index contributed by atoms with van der Waals surface area (Å²) >= 11 is 17.8. The van der Waals surface area contributed by atoms with Crippen molar-refractivity contribution in [3.63, 3.8) is 0 Å². The van der Waals surface area contributed by atoms with E-state index >= 15 is 0 Å². The van der Waals surface area contributed by atoms with Crippen molar-refractivity contribution >= 4 is 46.4 Å². The molecule has 1 amide bonds. The van der Waals surface area contributed by atoms with Gasteiger partial charge in [-0.1, -0.05) is 34.8 Å². The lowest BCUT2D eigenvalue weighted by atomic mass is 10.3. The highest BCUT2D eigenvalue weighted by Gasteiger charge is 2.19. The maximum Gasteiger partial charge on any atom is 0.275 e. The van der Waals surface area contributed by atoms with E-state index in [1.807, 2.05) is 0 Å². The lowest BCUT2D eigenvalue weighted by Gasteiger charge is -2.08. The van der Waals surface area contributed by atoms with E-state index in [9.17, 15) is 4.79 Å². The molecule has 0 saturated heterocycles. The molecule has 2 aromatic rings. The van der Waals surface area contributed by atoms with Crippen molar-refractivity contribution in [3.8, 4) is 0 Å². The number of aromatic nitrogens is 2. The normalized spacial score (nSPS) is 10.6. The molecule has 0 unspecified atom stereocenters. The summed E-state index contributed by atoms with van der Waals surface area (Å²) in [5, 5.41) is 7.93. The summed E-state index contributed by atoms with van der Waals surface area (Å²) < 4.78 is 1.43. The first-order valence-electron chi connectivity index (χ1n) is 5.35. The fourth-order valence-corrected chi connectivity index (χ4v) is 2.35. The number of nitrogens with zero attached hydrogens (tertiary/aromatic N) is 2. The Kier molecular flexibility index (Phi) is 4.04. The van der Waals surface area contributed by atoms with Crippen molar-refractivity contribution in [1.82, 2.24) is 9.78 Å². The number of aryl methyl sites for hydroxylation is 2. The Hall–Kier alpha value is -1.23. The predicted octanol–water partition coefficient (Wildman–Crippen LogP) is 3.94. The zero-order chi connectivity index (χ0) is 14.2. The van der Waals surface area contributed by atoms with Gasteiger partial charge in [0.1, 0.15) is 5.69 Å². The molecule has 0 fully saturated rings. The van der Waals surface area contributed by atoms with Gasteiger partial charge in [-0.15, -0.1) is 0 Å². The highest BCUT2D eigenvalue weighted by Crippen LogP contribution is 2.27. The number of halogens is 3. The Bertz CT molecular complexity index is 652. The monoisotopic (exact) mass is 317 g/mol. The molecule has 0 aliphatic carbocycles.